The van der Waals surface area contributed by atoms with Gasteiger partial charge in [-0.3, -0.25) is 9.59 Å². The molecule has 0 radical (unpaired) electrons. The molecule has 27 heavy (non-hydrogen) atoms. The summed E-state index contributed by atoms with van der Waals surface area (Å²) in [7, 11) is 1.45. The van der Waals surface area contributed by atoms with Crippen molar-refractivity contribution in [2.75, 3.05) is 19.0 Å². The third-order valence-corrected chi connectivity index (χ3v) is 4.23. The molecular formula is C19H19ClN4O3. The zero-order valence-electron chi connectivity index (χ0n) is 14.7. The van der Waals surface area contributed by atoms with Gasteiger partial charge in [0.25, 0.3) is 0 Å². The van der Waals surface area contributed by atoms with Crippen molar-refractivity contribution >= 4 is 40.1 Å². The number of halogens is 1. The summed E-state index contributed by atoms with van der Waals surface area (Å²) in [4.78, 5) is 28.7. The second-order valence-corrected chi connectivity index (χ2v) is 6.25. The maximum Gasteiger partial charge on any atom is 0.246 e. The molecule has 7 nitrogen and oxygen atoms in total. The number of methoxy groups -OCH3 is 1. The van der Waals surface area contributed by atoms with Gasteiger partial charge in [-0.15, -0.1) is 0 Å². The van der Waals surface area contributed by atoms with E-state index >= 15 is 0 Å². The average molecular weight is 387 g/mol. The van der Waals surface area contributed by atoms with Crippen LogP contribution in [0.3, 0.4) is 0 Å². The molecule has 0 saturated heterocycles. The molecule has 0 spiro atoms. The molecule has 0 fully saturated rings. The first-order valence-electron chi connectivity index (χ1n) is 8.32. The van der Waals surface area contributed by atoms with Crippen LogP contribution in [-0.4, -0.2) is 35.1 Å². The summed E-state index contributed by atoms with van der Waals surface area (Å²) in [5.74, 6) is 0.0855. The smallest absolute Gasteiger partial charge is 0.246 e. The van der Waals surface area contributed by atoms with Crippen LogP contribution < -0.4 is 10.6 Å². The van der Waals surface area contributed by atoms with Gasteiger partial charge in [-0.25, -0.2) is 4.98 Å². The van der Waals surface area contributed by atoms with Crippen LogP contribution in [0.25, 0.3) is 11.0 Å². The first-order valence-corrected chi connectivity index (χ1v) is 8.70. The molecule has 0 saturated carbocycles. The van der Waals surface area contributed by atoms with E-state index in [1.807, 2.05) is 24.3 Å². The fraction of sp³-hybridized carbons (Fsp3) is 0.211. The predicted octanol–water partition coefficient (Wildman–Crippen LogP) is 2.59. The summed E-state index contributed by atoms with van der Waals surface area (Å²) in [6.45, 7) is 0.199. The minimum atomic E-state index is -0.253. The van der Waals surface area contributed by atoms with Gasteiger partial charge in [-0.1, -0.05) is 35.9 Å². The normalized spacial score (nSPS) is 10.7. The molecule has 140 valence electrons. The molecule has 0 aliphatic rings. The van der Waals surface area contributed by atoms with Crippen LogP contribution in [0, 0.1) is 0 Å². The fourth-order valence-corrected chi connectivity index (χ4v) is 2.88. The second kappa shape index (κ2) is 8.66. The Kier molecular flexibility index (Phi) is 6.05. The third kappa shape index (κ3) is 4.64. The lowest BCUT2D eigenvalue weighted by molar-refractivity contribution is -0.124. The Morgan fingerprint density at radius 1 is 1.11 bits per heavy atom. The number of aromatic nitrogens is 2. The van der Waals surface area contributed by atoms with Crippen LogP contribution in [0.4, 0.5) is 5.69 Å². The number of nitrogens with one attached hydrogen (secondary N) is 2. The Morgan fingerprint density at radius 2 is 1.85 bits per heavy atom. The summed E-state index contributed by atoms with van der Waals surface area (Å²) in [5.41, 5.74) is 2.10. The van der Waals surface area contributed by atoms with Gasteiger partial charge >= 0.3 is 0 Å². The molecule has 8 heteroatoms. The van der Waals surface area contributed by atoms with E-state index in [9.17, 15) is 9.59 Å². The lowest BCUT2D eigenvalue weighted by Gasteiger charge is -2.11. The number of benzene rings is 2. The Hall–Kier alpha value is -2.90. The molecular weight excluding hydrogens is 368 g/mol. The summed E-state index contributed by atoms with van der Waals surface area (Å²) in [5, 5.41) is 6.00. The number of hydrogen-bond donors (Lipinski definition) is 2. The Labute approximate surface area is 161 Å². The number of rotatable bonds is 7. The standard InChI is InChI=1S/C19H19ClN4O3/c1-27-12-19(26)21-10-17-22-15-8-4-5-9-16(15)24(17)11-18(25)23-14-7-3-2-6-13(14)20/h2-9H,10-12H2,1H3,(H,21,26)(H,23,25). The van der Waals surface area contributed by atoms with E-state index in [1.54, 1.807) is 28.8 Å². The van der Waals surface area contributed by atoms with Crippen LogP contribution in [0.2, 0.25) is 5.02 Å². The van der Waals surface area contributed by atoms with Crippen molar-refractivity contribution in [1.29, 1.82) is 0 Å². The van der Waals surface area contributed by atoms with E-state index in [2.05, 4.69) is 15.6 Å². The molecule has 1 aromatic heterocycles. The highest BCUT2D eigenvalue weighted by Gasteiger charge is 2.15. The summed E-state index contributed by atoms with van der Waals surface area (Å²) < 4.78 is 6.58. The van der Waals surface area contributed by atoms with Crippen molar-refractivity contribution in [3.05, 3.63) is 59.4 Å². The SMILES string of the molecule is COCC(=O)NCc1nc2ccccc2n1CC(=O)Nc1ccccc1Cl. The van der Waals surface area contributed by atoms with E-state index in [0.29, 0.717) is 16.5 Å². The topological polar surface area (TPSA) is 85.2 Å². The quantitative estimate of drug-likeness (QED) is 0.653. The van der Waals surface area contributed by atoms with E-state index in [0.717, 1.165) is 11.0 Å². The molecule has 2 amide bonds. The lowest BCUT2D eigenvalue weighted by atomic mass is 10.3. The number of nitrogens with zero attached hydrogens (tertiary/aromatic N) is 2. The molecule has 0 unspecified atom stereocenters. The van der Waals surface area contributed by atoms with Gasteiger partial charge in [0, 0.05) is 7.11 Å². The fourth-order valence-electron chi connectivity index (χ4n) is 2.69. The number of para-hydroxylation sites is 3. The molecule has 2 aromatic carbocycles. The number of ether oxygens (including phenoxy) is 1. The molecule has 3 rings (SSSR count). The van der Waals surface area contributed by atoms with Crippen LogP contribution in [0.15, 0.2) is 48.5 Å². The second-order valence-electron chi connectivity index (χ2n) is 5.84. The number of carbonyl (C=O) groups is 2. The minimum Gasteiger partial charge on any atom is -0.375 e. The molecule has 2 N–H and O–H groups in total. The molecule has 0 aliphatic heterocycles. The molecule has 1 heterocycles. The van der Waals surface area contributed by atoms with Gasteiger partial charge in [-0.05, 0) is 24.3 Å². The van der Waals surface area contributed by atoms with E-state index in [1.165, 1.54) is 7.11 Å². The van der Waals surface area contributed by atoms with Crippen molar-refractivity contribution in [2.45, 2.75) is 13.1 Å². The number of hydrogen-bond acceptors (Lipinski definition) is 4. The zero-order valence-corrected chi connectivity index (χ0v) is 15.5. The molecule has 0 atom stereocenters. The summed E-state index contributed by atoms with van der Waals surface area (Å²) in [6.07, 6.45) is 0. The van der Waals surface area contributed by atoms with Crippen molar-refractivity contribution < 1.29 is 14.3 Å². The van der Waals surface area contributed by atoms with E-state index in [-0.39, 0.29) is 31.5 Å². The van der Waals surface area contributed by atoms with Gasteiger partial charge in [-0.2, -0.15) is 0 Å². The Morgan fingerprint density at radius 3 is 2.63 bits per heavy atom. The maximum atomic E-state index is 12.5. The molecule has 0 aliphatic carbocycles. The highest BCUT2D eigenvalue weighted by atomic mass is 35.5. The summed E-state index contributed by atoms with van der Waals surface area (Å²) in [6, 6.07) is 14.5. The van der Waals surface area contributed by atoms with Gasteiger partial charge in [0.1, 0.15) is 19.0 Å². The largest absolute Gasteiger partial charge is 0.375 e. The van der Waals surface area contributed by atoms with Crippen molar-refractivity contribution in [3.63, 3.8) is 0 Å². The van der Waals surface area contributed by atoms with E-state index < -0.39 is 0 Å². The first kappa shape index (κ1) is 18.9. The number of fused-ring (bicyclic) bond motifs is 1. The first-order chi connectivity index (χ1) is 13.1. The summed E-state index contributed by atoms with van der Waals surface area (Å²) >= 11 is 6.10. The number of carbonyl (C=O) groups excluding carboxylic acids is 2. The maximum absolute atomic E-state index is 12.5. The Balaban J connectivity index is 1.81. The lowest BCUT2D eigenvalue weighted by Crippen LogP contribution is -2.29. The third-order valence-electron chi connectivity index (χ3n) is 3.90. The number of amides is 2. The Bertz CT molecular complexity index is 970. The van der Waals surface area contributed by atoms with Crippen molar-refractivity contribution in [3.8, 4) is 0 Å². The van der Waals surface area contributed by atoms with Gasteiger partial charge in [0.2, 0.25) is 11.8 Å². The molecule has 3 aromatic rings. The van der Waals surface area contributed by atoms with Gasteiger partial charge in [0.15, 0.2) is 0 Å². The van der Waals surface area contributed by atoms with Crippen molar-refractivity contribution in [1.82, 2.24) is 14.9 Å². The number of anilines is 1. The molecule has 0 bridgehead atoms. The predicted molar refractivity (Wildman–Crippen MR) is 104 cm³/mol. The highest BCUT2D eigenvalue weighted by Crippen LogP contribution is 2.21. The zero-order chi connectivity index (χ0) is 19.2. The number of imidazole rings is 1. The van der Waals surface area contributed by atoms with Crippen LogP contribution in [0.1, 0.15) is 5.82 Å². The van der Waals surface area contributed by atoms with Crippen LogP contribution in [0.5, 0.6) is 0 Å². The minimum absolute atomic E-state index is 0.0345. The van der Waals surface area contributed by atoms with Crippen molar-refractivity contribution in [2.24, 2.45) is 0 Å². The highest BCUT2D eigenvalue weighted by molar-refractivity contribution is 6.33. The van der Waals surface area contributed by atoms with Gasteiger partial charge < -0.3 is 19.9 Å². The van der Waals surface area contributed by atoms with Gasteiger partial charge in [0.05, 0.1) is 28.3 Å². The van der Waals surface area contributed by atoms with Crippen LogP contribution >= 0.6 is 11.6 Å². The average Bonchev–Trinajstić information content (AvgIpc) is 3.00. The monoisotopic (exact) mass is 386 g/mol. The van der Waals surface area contributed by atoms with E-state index in [4.69, 9.17) is 16.3 Å². The van der Waals surface area contributed by atoms with Crippen LogP contribution in [-0.2, 0) is 27.4 Å².